The van der Waals surface area contributed by atoms with E-state index in [1.807, 2.05) is 24.3 Å². The molecular weight excluding hydrogens is 461 g/mol. The number of alkyl halides is 1. The van der Waals surface area contributed by atoms with E-state index in [0.717, 1.165) is 22.1 Å². The number of hydrogen-bond acceptors (Lipinski definition) is 5. The fourth-order valence-corrected chi connectivity index (χ4v) is 6.26. The topological polar surface area (TPSA) is 70.4 Å². The standard InChI is InChI=1S/C19H18Cl3NO3S2/c20-11-5-10(6-12(21)7-11)1-2-14-13(15(22)8-17(14)24)3-4-27-19-23-16(9-28-19)18(25)26/h1-2,5-7,9,13-15,17,24H,3-4,8H2,(H,25,26)/t13-,14-,15-,17-/m1/s1. The number of aromatic nitrogens is 1. The molecule has 1 aromatic carbocycles. The lowest BCUT2D eigenvalue weighted by atomic mass is 9.91. The number of carboxylic acid groups (broad SMARTS) is 1. The van der Waals surface area contributed by atoms with Crippen LogP contribution >= 0.6 is 57.9 Å². The summed E-state index contributed by atoms with van der Waals surface area (Å²) < 4.78 is 0.725. The number of carboxylic acids is 1. The van der Waals surface area contributed by atoms with Gasteiger partial charge in [0.25, 0.3) is 0 Å². The minimum absolute atomic E-state index is 0.0632. The molecule has 1 aliphatic rings. The monoisotopic (exact) mass is 477 g/mol. The average Bonchev–Trinajstić information content (AvgIpc) is 3.18. The molecular formula is C19H18Cl3NO3S2. The third-order valence-electron chi connectivity index (χ3n) is 4.64. The van der Waals surface area contributed by atoms with Crippen LogP contribution in [-0.4, -0.2) is 38.4 Å². The number of thiazole rings is 1. The van der Waals surface area contributed by atoms with Crippen molar-refractivity contribution in [2.45, 2.75) is 28.7 Å². The predicted octanol–water partition coefficient (Wildman–Crippen LogP) is 5.95. The van der Waals surface area contributed by atoms with Crippen LogP contribution in [0.25, 0.3) is 6.08 Å². The van der Waals surface area contributed by atoms with Crippen LogP contribution in [0, 0.1) is 11.8 Å². The van der Waals surface area contributed by atoms with Gasteiger partial charge < -0.3 is 10.2 Å². The van der Waals surface area contributed by atoms with Gasteiger partial charge in [0.2, 0.25) is 0 Å². The van der Waals surface area contributed by atoms with Crippen molar-refractivity contribution in [1.82, 2.24) is 4.98 Å². The summed E-state index contributed by atoms with van der Waals surface area (Å²) in [6, 6.07) is 5.31. The molecule has 0 amide bonds. The number of aromatic carboxylic acids is 1. The Morgan fingerprint density at radius 3 is 2.68 bits per heavy atom. The molecule has 4 atom stereocenters. The molecule has 1 aromatic heterocycles. The molecule has 0 saturated heterocycles. The van der Waals surface area contributed by atoms with Crippen LogP contribution in [0.3, 0.4) is 0 Å². The molecule has 2 N–H and O–H groups in total. The van der Waals surface area contributed by atoms with Crippen LogP contribution < -0.4 is 0 Å². The first-order chi connectivity index (χ1) is 13.3. The fraction of sp³-hybridized carbons (Fsp3) is 0.368. The van der Waals surface area contributed by atoms with Crippen molar-refractivity contribution in [3.05, 3.63) is 51.0 Å². The highest BCUT2D eigenvalue weighted by Gasteiger charge is 2.39. The van der Waals surface area contributed by atoms with Crippen molar-refractivity contribution in [2.75, 3.05) is 5.75 Å². The number of benzene rings is 1. The molecule has 1 heterocycles. The van der Waals surface area contributed by atoms with Crippen LogP contribution in [-0.2, 0) is 0 Å². The molecule has 1 aliphatic carbocycles. The highest BCUT2D eigenvalue weighted by Crippen LogP contribution is 2.40. The van der Waals surface area contributed by atoms with E-state index in [-0.39, 0.29) is 22.9 Å². The van der Waals surface area contributed by atoms with Crippen molar-refractivity contribution >= 4 is 69.9 Å². The van der Waals surface area contributed by atoms with Gasteiger partial charge in [-0.05, 0) is 42.5 Å². The number of carbonyl (C=O) groups is 1. The van der Waals surface area contributed by atoms with Gasteiger partial charge in [0, 0.05) is 32.5 Å². The van der Waals surface area contributed by atoms with Gasteiger partial charge in [0.15, 0.2) is 10.0 Å². The van der Waals surface area contributed by atoms with E-state index in [1.165, 1.54) is 28.5 Å². The van der Waals surface area contributed by atoms with E-state index in [2.05, 4.69) is 4.98 Å². The minimum Gasteiger partial charge on any atom is -0.476 e. The lowest BCUT2D eigenvalue weighted by molar-refractivity contribution is 0.0691. The van der Waals surface area contributed by atoms with Crippen molar-refractivity contribution in [3.8, 4) is 0 Å². The van der Waals surface area contributed by atoms with Crippen LogP contribution in [0.1, 0.15) is 28.9 Å². The summed E-state index contributed by atoms with van der Waals surface area (Å²) in [7, 11) is 0. The summed E-state index contributed by atoms with van der Waals surface area (Å²) in [4.78, 5) is 15.0. The Balaban J connectivity index is 1.62. The SMILES string of the molecule is O=C(O)c1csc(SCC[C@@H]2[C@@H](C=Cc3cc(Cl)cc(Cl)c3)[C@H](O)C[C@H]2Cl)n1. The van der Waals surface area contributed by atoms with Gasteiger partial charge in [-0.15, -0.1) is 22.9 Å². The molecule has 0 aliphatic heterocycles. The van der Waals surface area contributed by atoms with Crippen LogP contribution in [0.15, 0.2) is 34.0 Å². The Kier molecular flexibility index (Phi) is 7.70. The molecule has 3 rings (SSSR count). The Morgan fingerprint density at radius 2 is 2.04 bits per heavy atom. The molecule has 0 bridgehead atoms. The number of rotatable bonds is 7. The molecule has 2 aromatic rings. The van der Waals surface area contributed by atoms with Crippen LogP contribution in [0.2, 0.25) is 10.0 Å². The fourth-order valence-electron chi connectivity index (χ4n) is 3.33. The van der Waals surface area contributed by atoms with Crippen molar-refractivity contribution in [2.24, 2.45) is 11.8 Å². The summed E-state index contributed by atoms with van der Waals surface area (Å²) in [6.07, 6.45) is 4.74. The molecule has 0 unspecified atom stereocenters. The van der Waals surface area contributed by atoms with Gasteiger partial charge in [-0.3, -0.25) is 0 Å². The Bertz CT molecular complexity index is 854. The number of halogens is 3. The summed E-state index contributed by atoms with van der Waals surface area (Å²) in [5, 5.41) is 21.9. The predicted molar refractivity (Wildman–Crippen MR) is 117 cm³/mol. The number of nitrogens with zero attached hydrogens (tertiary/aromatic N) is 1. The van der Waals surface area contributed by atoms with Crippen molar-refractivity contribution in [1.29, 1.82) is 0 Å². The highest BCUT2D eigenvalue weighted by molar-refractivity contribution is 8.01. The summed E-state index contributed by atoms with van der Waals surface area (Å²) in [6.45, 7) is 0. The number of thioether (sulfide) groups is 1. The zero-order chi connectivity index (χ0) is 20.3. The molecule has 0 spiro atoms. The Hall–Kier alpha value is -0.760. The first kappa shape index (κ1) is 21.9. The minimum atomic E-state index is -1.02. The second-order valence-corrected chi connectivity index (χ2v) is 10.2. The van der Waals surface area contributed by atoms with E-state index < -0.39 is 12.1 Å². The largest absolute Gasteiger partial charge is 0.476 e. The van der Waals surface area contributed by atoms with Gasteiger partial charge in [-0.1, -0.05) is 47.1 Å². The summed E-state index contributed by atoms with van der Waals surface area (Å²) >= 11 is 21.4. The molecule has 9 heteroatoms. The van der Waals surface area contributed by atoms with Crippen molar-refractivity contribution < 1.29 is 15.0 Å². The molecule has 150 valence electrons. The Labute approximate surface area is 186 Å². The van der Waals surface area contributed by atoms with E-state index in [1.54, 1.807) is 6.07 Å². The molecule has 0 radical (unpaired) electrons. The van der Waals surface area contributed by atoms with Gasteiger partial charge in [-0.25, -0.2) is 9.78 Å². The van der Waals surface area contributed by atoms with Gasteiger partial charge in [-0.2, -0.15) is 0 Å². The Morgan fingerprint density at radius 1 is 1.32 bits per heavy atom. The molecule has 1 saturated carbocycles. The van der Waals surface area contributed by atoms with Gasteiger partial charge in [0.1, 0.15) is 0 Å². The first-order valence-electron chi connectivity index (χ1n) is 8.61. The quantitative estimate of drug-likeness (QED) is 0.380. The maximum absolute atomic E-state index is 10.9. The van der Waals surface area contributed by atoms with Crippen molar-refractivity contribution in [3.63, 3.8) is 0 Å². The van der Waals surface area contributed by atoms with E-state index in [0.29, 0.717) is 16.5 Å². The molecule has 4 nitrogen and oxygen atoms in total. The smallest absolute Gasteiger partial charge is 0.355 e. The summed E-state index contributed by atoms with van der Waals surface area (Å²) in [5.74, 6) is -0.213. The number of hydrogen-bond donors (Lipinski definition) is 2. The maximum Gasteiger partial charge on any atom is 0.355 e. The third-order valence-corrected chi connectivity index (χ3v) is 7.64. The second kappa shape index (κ2) is 9.83. The number of aliphatic hydroxyl groups is 1. The molecule has 1 fully saturated rings. The van der Waals surface area contributed by atoms with Gasteiger partial charge >= 0.3 is 5.97 Å². The lowest BCUT2D eigenvalue weighted by Gasteiger charge is -2.20. The third kappa shape index (κ3) is 5.65. The zero-order valence-electron chi connectivity index (χ0n) is 14.6. The highest BCUT2D eigenvalue weighted by atomic mass is 35.5. The van der Waals surface area contributed by atoms with Crippen LogP contribution in [0.5, 0.6) is 0 Å². The normalized spacial score (nSPS) is 24.9. The second-order valence-electron chi connectivity index (χ2n) is 6.56. The number of aliphatic hydroxyl groups excluding tert-OH is 1. The lowest BCUT2D eigenvalue weighted by Crippen LogP contribution is -2.19. The first-order valence-corrected chi connectivity index (χ1v) is 11.7. The zero-order valence-corrected chi connectivity index (χ0v) is 18.5. The average molecular weight is 479 g/mol. The maximum atomic E-state index is 10.9. The van der Waals surface area contributed by atoms with E-state index >= 15 is 0 Å². The van der Waals surface area contributed by atoms with E-state index in [4.69, 9.17) is 39.9 Å². The molecule has 28 heavy (non-hydrogen) atoms. The van der Waals surface area contributed by atoms with E-state index in [9.17, 15) is 9.90 Å². The van der Waals surface area contributed by atoms with Gasteiger partial charge in [0.05, 0.1) is 6.10 Å². The van der Waals surface area contributed by atoms with Crippen LogP contribution in [0.4, 0.5) is 0 Å². The summed E-state index contributed by atoms with van der Waals surface area (Å²) in [5.41, 5.74) is 0.944.